The van der Waals surface area contributed by atoms with Crippen LogP contribution in [0.5, 0.6) is 0 Å². The number of hydrogen-bond donors (Lipinski definition) is 0. The summed E-state index contributed by atoms with van der Waals surface area (Å²) in [5.74, 6) is -0.511. The summed E-state index contributed by atoms with van der Waals surface area (Å²) in [4.78, 5) is 11.6. The summed E-state index contributed by atoms with van der Waals surface area (Å²) in [6, 6.07) is 7.84. The van der Waals surface area contributed by atoms with Crippen LogP contribution in [0, 0.1) is 0 Å². The van der Waals surface area contributed by atoms with Gasteiger partial charge in [-0.1, -0.05) is 48.6 Å². The number of benzene rings is 1. The van der Waals surface area contributed by atoms with Crippen LogP contribution in [0.1, 0.15) is 17.0 Å². The van der Waals surface area contributed by atoms with Gasteiger partial charge in [0.05, 0.1) is 7.11 Å². The number of rotatable bonds is 1. The quantitative estimate of drug-likeness (QED) is 0.651. The molecule has 2 heteroatoms. The molecular formula is C13H12O2. The SMILES string of the molecule is COC(=O)C1C=CC=Cc2ccccc21. The van der Waals surface area contributed by atoms with E-state index in [4.69, 9.17) is 4.74 Å². The molecule has 0 heterocycles. The van der Waals surface area contributed by atoms with Gasteiger partial charge in [-0.05, 0) is 11.1 Å². The first-order valence-corrected chi connectivity index (χ1v) is 4.84. The minimum atomic E-state index is -0.291. The minimum Gasteiger partial charge on any atom is -0.468 e. The number of carbonyl (C=O) groups is 1. The normalized spacial score (nSPS) is 18.1. The van der Waals surface area contributed by atoms with Gasteiger partial charge in [-0.2, -0.15) is 0 Å². The van der Waals surface area contributed by atoms with Crippen LogP contribution in [0.3, 0.4) is 0 Å². The second-order valence-electron chi connectivity index (χ2n) is 3.37. The molecule has 0 N–H and O–H groups in total. The Morgan fingerprint density at radius 3 is 2.87 bits per heavy atom. The molecule has 0 fully saturated rings. The minimum absolute atomic E-state index is 0.220. The molecule has 0 saturated carbocycles. The summed E-state index contributed by atoms with van der Waals surface area (Å²) in [6.45, 7) is 0. The molecule has 0 saturated heterocycles. The zero-order chi connectivity index (χ0) is 10.7. The maximum Gasteiger partial charge on any atom is 0.317 e. The second kappa shape index (κ2) is 4.13. The molecule has 0 amide bonds. The number of ether oxygens (including phenoxy) is 1. The number of hydrogen-bond acceptors (Lipinski definition) is 2. The Bertz CT molecular complexity index is 430. The van der Waals surface area contributed by atoms with Gasteiger partial charge in [0, 0.05) is 0 Å². The number of fused-ring (bicyclic) bond motifs is 1. The Hall–Kier alpha value is -1.83. The smallest absolute Gasteiger partial charge is 0.317 e. The topological polar surface area (TPSA) is 26.3 Å². The molecule has 2 nitrogen and oxygen atoms in total. The molecule has 2 rings (SSSR count). The fourth-order valence-electron chi connectivity index (χ4n) is 1.72. The zero-order valence-electron chi connectivity index (χ0n) is 8.51. The molecule has 0 bridgehead atoms. The fourth-order valence-corrected chi connectivity index (χ4v) is 1.72. The molecule has 1 aliphatic carbocycles. The van der Waals surface area contributed by atoms with Crippen molar-refractivity contribution in [1.82, 2.24) is 0 Å². The second-order valence-corrected chi connectivity index (χ2v) is 3.37. The van der Waals surface area contributed by atoms with Gasteiger partial charge in [0.2, 0.25) is 0 Å². The lowest BCUT2D eigenvalue weighted by Gasteiger charge is -2.12. The van der Waals surface area contributed by atoms with E-state index in [1.807, 2.05) is 48.6 Å². The first-order valence-electron chi connectivity index (χ1n) is 4.84. The Morgan fingerprint density at radius 2 is 2.07 bits per heavy atom. The van der Waals surface area contributed by atoms with E-state index in [0.717, 1.165) is 11.1 Å². The van der Waals surface area contributed by atoms with Crippen molar-refractivity contribution in [2.45, 2.75) is 5.92 Å². The maximum absolute atomic E-state index is 11.6. The lowest BCUT2D eigenvalue weighted by molar-refractivity contribution is -0.141. The molecule has 1 aromatic rings. The van der Waals surface area contributed by atoms with E-state index < -0.39 is 0 Å². The van der Waals surface area contributed by atoms with Gasteiger partial charge in [0.15, 0.2) is 0 Å². The van der Waals surface area contributed by atoms with Gasteiger partial charge in [-0.3, -0.25) is 4.79 Å². The third-order valence-corrected chi connectivity index (χ3v) is 2.48. The fraction of sp³-hybridized carbons (Fsp3) is 0.154. The molecule has 1 aliphatic rings. The van der Waals surface area contributed by atoms with Crippen LogP contribution in [-0.4, -0.2) is 13.1 Å². The van der Waals surface area contributed by atoms with Crippen LogP contribution < -0.4 is 0 Å². The molecule has 1 unspecified atom stereocenters. The maximum atomic E-state index is 11.6. The van der Waals surface area contributed by atoms with E-state index >= 15 is 0 Å². The highest BCUT2D eigenvalue weighted by atomic mass is 16.5. The molecule has 0 aromatic heterocycles. The summed E-state index contributed by atoms with van der Waals surface area (Å²) in [7, 11) is 1.41. The standard InChI is InChI=1S/C13H12O2/c1-15-13(14)12-9-5-3-7-10-6-2-4-8-11(10)12/h2-9,12H,1H3. The van der Waals surface area contributed by atoms with Gasteiger partial charge >= 0.3 is 5.97 Å². The lowest BCUT2D eigenvalue weighted by Crippen LogP contribution is -2.12. The van der Waals surface area contributed by atoms with Gasteiger partial charge in [0.25, 0.3) is 0 Å². The Labute approximate surface area is 88.9 Å². The Balaban J connectivity index is 2.48. The summed E-state index contributed by atoms with van der Waals surface area (Å²) in [5.41, 5.74) is 2.06. The number of esters is 1. The van der Waals surface area contributed by atoms with E-state index in [1.165, 1.54) is 7.11 Å². The van der Waals surface area contributed by atoms with Crippen LogP contribution in [0.4, 0.5) is 0 Å². The summed E-state index contributed by atoms with van der Waals surface area (Å²) >= 11 is 0. The van der Waals surface area contributed by atoms with Gasteiger partial charge in [0.1, 0.15) is 5.92 Å². The molecular weight excluding hydrogens is 188 g/mol. The lowest BCUT2D eigenvalue weighted by atomic mass is 9.95. The van der Waals surface area contributed by atoms with E-state index in [1.54, 1.807) is 0 Å². The molecule has 1 atom stereocenters. The molecule has 1 aromatic carbocycles. The number of carbonyl (C=O) groups excluding carboxylic acids is 1. The highest BCUT2D eigenvalue weighted by molar-refractivity contribution is 5.83. The van der Waals surface area contributed by atoms with Crippen LogP contribution in [0.15, 0.2) is 42.5 Å². The molecule has 0 aliphatic heterocycles. The third kappa shape index (κ3) is 1.84. The van der Waals surface area contributed by atoms with Crippen LogP contribution in [-0.2, 0) is 9.53 Å². The van der Waals surface area contributed by atoms with Gasteiger partial charge < -0.3 is 4.74 Å². The average Bonchev–Trinajstić information content (AvgIpc) is 2.50. The molecule has 15 heavy (non-hydrogen) atoms. The summed E-state index contributed by atoms with van der Waals surface area (Å²) < 4.78 is 4.78. The van der Waals surface area contributed by atoms with E-state index in [9.17, 15) is 4.79 Å². The van der Waals surface area contributed by atoms with Crippen molar-refractivity contribution in [2.75, 3.05) is 7.11 Å². The van der Waals surface area contributed by atoms with Crippen molar-refractivity contribution in [3.63, 3.8) is 0 Å². The van der Waals surface area contributed by atoms with Gasteiger partial charge in [-0.25, -0.2) is 0 Å². The predicted octanol–water partition coefficient (Wildman–Crippen LogP) is 2.53. The highest BCUT2D eigenvalue weighted by Gasteiger charge is 2.20. The van der Waals surface area contributed by atoms with Crippen molar-refractivity contribution in [3.8, 4) is 0 Å². The van der Waals surface area contributed by atoms with Crippen molar-refractivity contribution in [2.24, 2.45) is 0 Å². The van der Waals surface area contributed by atoms with E-state index in [-0.39, 0.29) is 11.9 Å². The Kier molecular flexibility index (Phi) is 2.68. The first kappa shape index (κ1) is 9.71. The van der Waals surface area contributed by atoms with Crippen LogP contribution >= 0.6 is 0 Å². The number of methoxy groups -OCH3 is 1. The molecule has 0 spiro atoms. The Morgan fingerprint density at radius 1 is 1.27 bits per heavy atom. The van der Waals surface area contributed by atoms with Crippen LogP contribution in [0.25, 0.3) is 6.08 Å². The van der Waals surface area contributed by atoms with Crippen molar-refractivity contribution < 1.29 is 9.53 Å². The predicted molar refractivity (Wildman–Crippen MR) is 59.4 cm³/mol. The van der Waals surface area contributed by atoms with Crippen molar-refractivity contribution >= 4 is 12.0 Å². The van der Waals surface area contributed by atoms with E-state index in [2.05, 4.69) is 0 Å². The van der Waals surface area contributed by atoms with Gasteiger partial charge in [-0.15, -0.1) is 0 Å². The number of allylic oxidation sites excluding steroid dienone is 2. The van der Waals surface area contributed by atoms with Crippen LogP contribution in [0.2, 0.25) is 0 Å². The molecule has 76 valence electrons. The van der Waals surface area contributed by atoms with Crippen molar-refractivity contribution in [1.29, 1.82) is 0 Å². The van der Waals surface area contributed by atoms with Crippen molar-refractivity contribution in [3.05, 3.63) is 53.6 Å². The third-order valence-electron chi connectivity index (χ3n) is 2.48. The first-order chi connectivity index (χ1) is 7.33. The average molecular weight is 200 g/mol. The molecule has 0 radical (unpaired) electrons. The summed E-state index contributed by atoms with van der Waals surface area (Å²) in [6.07, 6.45) is 7.66. The monoisotopic (exact) mass is 200 g/mol. The van der Waals surface area contributed by atoms with E-state index in [0.29, 0.717) is 0 Å². The highest BCUT2D eigenvalue weighted by Crippen LogP contribution is 2.26. The largest absolute Gasteiger partial charge is 0.468 e. The summed E-state index contributed by atoms with van der Waals surface area (Å²) in [5, 5.41) is 0. The zero-order valence-corrected chi connectivity index (χ0v) is 8.51.